The zero-order valence-corrected chi connectivity index (χ0v) is 16.2. The largest absolute Gasteiger partial charge is 0.490 e. The molecule has 0 spiro atoms. The van der Waals surface area contributed by atoms with E-state index < -0.39 is 12.1 Å². The summed E-state index contributed by atoms with van der Waals surface area (Å²) in [4.78, 5) is 26.5. The van der Waals surface area contributed by atoms with Crippen molar-refractivity contribution in [1.29, 1.82) is 0 Å². The van der Waals surface area contributed by atoms with Crippen LogP contribution in [0.1, 0.15) is 40.6 Å². The van der Waals surface area contributed by atoms with E-state index in [1.54, 1.807) is 23.1 Å². The second kappa shape index (κ2) is 8.86. The van der Waals surface area contributed by atoms with E-state index in [0.29, 0.717) is 24.6 Å². The van der Waals surface area contributed by atoms with E-state index in [4.69, 9.17) is 14.6 Å². The molecule has 1 unspecified atom stereocenters. The average molecular weight is 429 g/mol. The summed E-state index contributed by atoms with van der Waals surface area (Å²) in [5, 5.41) is 15.5. The lowest BCUT2D eigenvalue weighted by Crippen LogP contribution is -2.42. The summed E-state index contributed by atoms with van der Waals surface area (Å²) in [5.41, 5.74) is 2.64. The number of aromatic amines is 1. The van der Waals surface area contributed by atoms with Crippen molar-refractivity contribution < 1.29 is 32.6 Å². The molecule has 2 N–H and O–H groups in total. The Bertz CT molecular complexity index is 877. The highest BCUT2D eigenvalue weighted by molar-refractivity contribution is 5.94. The Hall–Kier alpha value is -2.89. The van der Waals surface area contributed by atoms with Gasteiger partial charge in [-0.15, -0.1) is 5.10 Å². The lowest BCUT2D eigenvalue weighted by molar-refractivity contribution is -0.192. The Morgan fingerprint density at radius 1 is 1.33 bits per heavy atom. The van der Waals surface area contributed by atoms with Crippen molar-refractivity contribution in [2.45, 2.75) is 31.5 Å². The van der Waals surface area contributed by atoms with Gasteiger partial charge in [0.1, 0.15) is 11.7 Å². The molecule has 1 aliphatic carbocycles. The molecular weight excluding hydrogens is 407 g/mol. The van der Waals surface area contributed by atoms with Gasteiger partial charge in [0.25, 0.3) is 5.91 Å². The van der Waals surface area contributed by atoms with E-state index in [2.05, 4.69) is 15.3 Å². The zero-order valence-electron chi connectivity index (χ0n) is 16.2. The molecule has 3 heterocycles. The van der Waals surface area contributed by atoms with Crippen LogP contribution in [0.2, 0.25) is 0 Å². The van der Waals surface area contributed by atoms with E-state index >= 15 is 0 Å². The monoisotopic (exact) mass is 429 g/mol. The SMILES string of the molecule is Cn1nnc2c1CCN(C(=O)c1cc[nH]c1)C2COCC1CC1.O=C(O)C(F)(F)F. The van der Waals surface area contributed by atoms with Crippen LogP contribution in [-0.4, -0.2) is 67.8 Å². The smallest absolute Gasteiger partial charge is 0.475 e. The van der Waals surface area contributed by atoms with Crippen molar-refractivity contribution in [3.63, 3.8) is 0 Å². The molecule has 0 bridgehead atoms. The molecule has 2 aliphatic rings. The van der Waals surface area contributed by atoms with Gasteiger partial charge in [-0.2, -0.15) is 13.2 Å². The molecule has 164 valence electrons. The van der Waals surface area contributed by atoms with Gasteiger partial charge in [0.15, 0.2) is 0 Å². The maximum atomic E-state index is 12.8. The number of aliphatic carboxylic acids is 1. The molecule has 0 aromatic carbocycles. The Balaban J connectivity index is 0.000000318. The van der Waals surface area contributed by atoms with Crippen LogP contribution in [0.4, 0.5) is 13.2 Å². The molecule has 1 amide bonds. The van der Waals surface area contributed by atoms with E-state index in [1.807, 2.05) is 11.9 Å². The van der Waals surface area contributed by atoms with E-state index in [-0.39, 0.29) is 11.9 Å². The first kappa shape index (κ1) is 21.8. The molecule has 12 heteroatoms. The van der Waals surface area contributed by atoms with Crippen molar-refractivity contribution in [3.05, 3.63) is 35.4 Å². The van der Waals surface area contributed by atoms with Crippen LogP contribution in [0.3, 0.4) is 0 Å². The Labute approximate surface area is 169 Å². The maximum Gasteiger partial charge on any atom is 0.490 e. The quantitative estimate of drug-likeness (QED) is 0.751. The third-order valence-corrected chi connectivity index (χ3v) is 4.93. The summed E-state index contributed by atoms with van der Waals surface area (Å²) < 4.78 is 39.4. The highest BCUT2D eigenvalue weighted by atomic mass is 19.4. The number of halogens is 3. The van der Waals surface area contributed by atoms with Gasteiger partial charge in [-0.3, -0.25) is 9.48 Å². The first-order valence-corrected chi connectivity index (χ1v) is 9.38. The molecule has 1 atom stereocenters. The number of fused-ring (bicyclic) bond motifs is 1. The normalized spacial score (nSPS) is 18.4. The van der Waals surface area contributed by atoms with Gasteiger partial charge >= 0.3 is 12.1 Å². The van der Waals surface area contributed by atoms with Crippen LogP contribution in [0.15, 0.2) is 18.5 Å². The van der Waals surface area contributed by atoms with Gasteiger partial charge in [0, 0.05) is 39.0 Å². The molecule has 1 aliphatic heterocycles. The fourth-order valence-corrected chi connectivity index (χ4v) is 3.14. The van der Waals surface area contributed by atoms with Crippen molar-refractivity contribution in [2.24, 2.45) is 13.0 Å². The topological polar surface area (TPSA) is 113 Å². The first-order chi connectivity index (χ1) is 14.2. The second-order valence-corrected chi connectivity index (χ2v) is 7.19. The highest BCUT2D eigenvalue weighted by Gasteiger charge is 2.38. The fraction of sp³-hybridized carbons (Fsp3) is 0.556. The minimum absolute atomic E-state index is 0.0163. The minimum Gasteiger partial charge on any atom is -0.475 e. The lowest BCUT2D eigenvalue weighted by atomic mass is 10.0. The molecule has 4 rings (SSSR count). The number of hydrogen-bond acceptors (Lipinski definition) is 5. The van der Waals surface area contributed by atoms with Crippen molar-refractivity contribution in [2.75, 3.05) is 19.8 Å². The number of carbonyl (C=O) groups is 2. The number of amides is 1. The minimum atomic E-state index is -5.08. The molecule has 0 radical (unpaired) electrons. The Morgan fingerprint density at radius 3 is 2.60 bits per heavy atom. The number of alkyl halides is 3. The number of rotatable bonds is 5. The maximum absolute atomic E-state index is 12.8. The summed E-state index contributed by atoms with van der Waals surface area (Å²) in [5.74, 6) is -2.04. The van der Waals surface area contributed by atoms with Crippen LogP contribution < -0.4 is 0 Å². The van der Waals surface area contributed by atoms with Crippen molar-refractivity contribution in [3.8, 4) is 0 Å². The predicted octanol–water partition coefficient (Wildman–Crippen LogP) is 1.94. The van der Waals surface area contributed by atoms with Gasteiger partial charge in [-0.1, -0.05) is 5.21 Å². The second-order valence-electron chi connectivity index (χ2n) is 7.19. The summed E-state index contributed by atoms with van der Waals surface area (Å²) in [6, 6.07) is 1.64. The van der Waals surface area contributed by atoms with Crippen LogP contribution >= 0.6 is 0 Å². The van der Waals surface area contributed by atoms with Gasteiger partial charge in [0.05, 0.1) is 17.9 Å². The molecule has 1 saturated carbocycles. The molecular formula is C18H22F3N5O4. The third-order valence-electron chi connectivity index (χ3n) is 4.93. The number of nitrogens with one attached hydrogen (secondary N) is 1. The number of hydrogen-bond donors (Lipinski definition) is 2. The number of carboxylic acids is 1. The molecule has 30 heavy (non-hydrogen) atoms. The van der Waals surface area contributed by atoms with Gasteiger partial charge in [-0.25, -0.2) is 4.79 Å². The lowest BCUT2D eigenvalue weighted by Gasteiger charge is -2.34. The summed E-state index contributed by atoms with van der Waals surface area (Å²) in [6.07, 6.45) is 1.70. The number of nitrogens with zero attached hydrogens (tertiary/aromatic N) is 4. The summed E-state index contributed by atoms with van der Waals surface area (Å²) >= 11 is 0. The predicted molar refractivity (Wildman–Crippen MR) is 96.5 cm³/mol. The number of carbonyl (C=O) groups excluding carboxylic acids is 1. The van der Waals surface area contributed by atoms with Crippen molar-refractivity contribution >= 4 is 11.9 Å². The number of ether oxygens (including phenoxy) is 1. The summed E-state index contributed by atoms with van der Waals surface area (Å²) in [6.45, 7) is 1.92. The highest BCUT2D eigenvalue weighted by Crippen LogP contribution is 2.32. The van der Waals surface area contributed by atoms with Gasteiger partial charge in [-0.05, 0) is 24.8 Å². The van der Waals surface area contributed by atoms with E-state index in [9.17, 15) is 18.0 Å². The summed E-state index contributed by atoms with van der Waals surface area (Å²) in [7, 11) is 1.90. The number of aryl methyl sites for hydroxylation is 1. The van der Waals surface area contributed by atoms with E-state index in [1.165, 1.54) is 12.8 Å². The Kier molecular flexibility index (Phi) is 6.44. The van der Waals surface area contributed by atoms with Crippen LogP contribution in [-0.2, 0) is 23.0 Å². The average Bonchev–Trinajstić information content (AvgIpc) is 3.19. The molecule has 0 saturated heterocycles. The third kappa shape index (κ3) is 5.17. The van der Waals surface area contributed by atoms with Gasteiger partial charge in [0.2, 0.25) is 0 Å². The standard InChI is InChI=1S/C16H21N5O2.C2HF3O2/c1-20-13-5-7-21(16(22)12-4-6-17-8-12)14(15(13)18-19-20)10-23-9-11-2-3-11;3-2(4,5)1(6)7/h4,6,8,11,14,17H,2-3,5,7,9-10H2,1H3;(H,6,7). The van der Waals surface area contributed by atoms with Crippen LogP contribution in [0.5, 0.6) is 0 Å². The van der Waals surface area contributed by atoms with Gasteiger partial charge < -0.3 is 19.7 Å². The van der Waals surface area contributed by atoms with Crippen molar-refractivity contribution in [1.82, 2.24) is 24.9 Å². The molecule has 1 fully saturated rings. The van der Waals surface area contributed by atoms with Crippen LogP contribution in [0.25, 0.3) is 0 Å². The Morgan fingerprint density at radius 2 is 2.03 bits per heavy atom. The zero-order chi connectivity index (χ0) is 21.9. The van der Waals surface area contributed by atoms with E-state index in [0.717, 1.165) is 24.4 Å². The molecule has 2 aromatic heterocycles. The number of carboxylic acid groups (broad SMARTS) is 1. The van der Waals surface area contributed by atoms with Crippen LogP contribution in [0, 0.1) is 5.92 Å². The number of H-pyrrole nitrogens is 1. The molecule has 2 aromatic rings. The number of aromatic nitrogens is 4. The fourth-order valence-electron chi connectivity index (χ4n) is 3.14. The first-order valence-electron chi connectivity index (χ1n) is 9.38. The molecule has 9 nitrogen and oxygen atoms in total.